The Hall–Kier alpha value is -3.48. The molecule has 2 heterocycles. The monoisotopic (exact) mass is 482 g/mol. The fourth-order valence-corrected chi connectivity index (χ4v) is 5.05. The molecular weight excluding hydrogens is 448 g/mol. The van der Waals surface area contributed by atoms with E-state index in [2.05, 4.69) is 71.3 Å². The minimum Gasteiger partial charge on any atom is -0.496 e. The fraction of sp³-hybridized carbons (Fsp3) is 0.333. The van der Waals surface area contributed by atoms with Crippen LogP contribution in [0.1, 0.15) is 34.7 Å². The lowest BCUT2D eigenvalue weighted by molar-refractivity contribution is -0.134. The quantitative estimate of drug-likeness (QED) is 0.498. The molecule has 6 nitrogen and oxygen atoms in total. The summed E-state index contributed by atoms with van der Waals surface area (Å²) in [6.45, 7) is 7.09. The van der Waals surface area contributed by atoms with Gasteiger partial charge in [0.05, 0.1) is 25.4 Å². The Kier molecular flexibility index (Phi) is 7.44. The number of benzene rings is 3. The number of hydrogen-bond donors (Lipinski definition) is 0. The third kappa shape index (κ3) is 5.50. The molecule has 0 aliphatic carbocycles. The molecule has 1 amide bonds. The van der Waals surface area contributed by atoms with Crippen molar-refractivity contribution in [3.63, 3.8) is 0 Å². The number of methoxy groups -OCH3 is 1. The third-order valence-corrected chi connectivity index (χ3v) is 7.12. The Labute approximate surface area is 213 Å². The summed E-state index contributed by atoms with van der Waals surface area (Å²) in [6, 6.07) is 26.8. The van der Waals surface area contributed by atoms with Crippen molar-refractivity contribution in [3.8, 4) is 5.75 Å². The first-order valence-electron chi connectivity index (χ1n) is 12.7. The maximum Gasteiger partial charge on any atom is 0.257 e. The van der Waals surface area contributed by atoms with E-state index in [1.807, 2.05) is 24.3 Å². The molecule has 0 N–H and O–H groups in total. The van der Waals surface area contributed by atoms with Crippen molar-refractivity contribution >= 4 is 11.6 Å². The molecule has 2 aliphatic heterocycles. The fourth-order valence-electron chi connectivity index (χ4n) is 5.05. The van der Waals surface area contributed by atoms with Gasteiger partial charge in [-0.1, -0.05) is 72.3 Å². The zero-order chi connectivity index (χ0) is 24.9. The molecule has 3 aromatic rings. The van der Waals surface area contributed by atoms with Gasteiger partial charge in [0.25, 0.3) is 5.91 Å². The van der Waals surface area contributed by atoms with Crippen LogP contribution in [0.2, 0.25) is 0 Å². The molecule has 1 atom stereocenters. The number of para-hydroxylation sites is 1. The Morgan fingerprint density at radius 1 is 0.889 bits per heavy atom. The van der Waals surface area contributed by atoms with Crippen molar-refractivity contribution in [1.29, 1.82) is 0 Å². The lowest BCUT2D eigenvalue weighted by Crippen LogP contribution is -2.49. The van der Waals surface area contributed by atoms with Crippen LogP contribution < -0.4 is 4.74 Å². The highest BCUT2D eigenvalue weighted by Gasteiger charge is 2.35. The second-order valence-electron chi connectivity index (χ2n) is 9.65. The average Bonchev–Trinajstić information content (AvgIpc) is 3.36. The predicted octanol–water partition coefficient (Wildman–Crippen LogP) is 4.50. The Morgan fingerprint density at radius 3 is 2.28 bits per heavy atom. The van der Waals surface area contributed by atoms with Gasteiger partial charge in [0.1, 0.15) is 5.75 Å². The highest BCUT2D eigenvalue weighted by atomic mass is 16.5. The molecule has 3 aromatic carbocycles. The highest BCUT2D eigenvalue weighted by molar-refractivity contribution is 6.05. The SMILES string of the molecule is COc1ccccc1C1=NN(C(=O)CN2CCN(Cc3ccccc3)CC2)[C@@H](c2ccc(C)cc2)C1. The molecule has 0 radical (unpaired) electrons. The van der Waals surface area contributed by atoms with Crippen molar-refractivity contribution in [2.24, 2.45) is 5.10 Å². The normalized spacial score (nSPS) is 18.8. The molecule has 0 spiro atoms. The molecule has 186 valence electrons. The van der Waals surface area contributed by atoms with Crippen molar-refractivity contribution in [2.45, 2.75) is 25.9 Å². The summed E-state index contributed by atoms with van der Waals surface area (Å²) >= 11 is 0. The van der Waals surface area contributed by atoms with Crippen molar-refractivity contribution in [3.05, 3.63) is 101 Å². The zero-order valence-corrected chi connectivity index (χ0v) is 21.1. The van der Waals surface area contributed by atoms with E-state index < -0.39 is 0 Å². The number of hydrazone groups is 1. The molecule has 0 unspecified atom stereocenters. The standard InChI is InChI=1S/C30H34N4O2/c1-23-12-14-25(15-13-23)28-20-27(26-10-6-7-11-29(26)36-2)31-34(28)30(35)22-33-18-16-32(17-19-33)21-24-8-4-3-5-9-24/h3-15,28H,16-22H2,1-2H3/t28-/m1/s1. The molecule has 0 bridgehead atoms. The number of ether oxygens (including phenoxy) is 1. The van der Waals surface area contributed by atoms with Crippen LogP contribution in [0.3, 0.4) is 0 Å². The van der Waals surface area contributed by atoms with E-state index in [1.165, 1.54) is 11.1 Å². The number of amides is 1. The van der Waals surface area contributed by atoms with Crippen LogP contribution in [0.4, 0.5) is 0 Å². The number of hydrogen-bond acceptors (Lipinski definition) is 5. The molecule has 5 rings (SSSR count). The molecule has 2 aliphatic rings. The number of rotatable bonds is 7. The van der Waals surface area contributed by atoms with E-state index in [0.717, 1.165) is 55.3 Å². The summed E-state index contributed by atoms with van der Waals surface area (Å²) in [5.41, 5.74) is 5.48. The maximum absolute atomic E-state index is 13.6. The molecule has 0 aromatic heterocycles. The highest BCUT2D eigenvalue weighted by Crippen LogP contribution is 2.35. The largest absolute Gasteiger partial charge is 0.496 e. The third-order valence-electron chi connectivity index (χ3n) is 7.12. The van der Waals surface area contributed by atoms with Crippen LogP contribution in [-0.2, 0) is 11.3 Å². The van der Waals surface area contributed by atoms with E-state index in [1.54, 1.807) is 12.1 Å². The lowest BCUT2D eigenvalue weighted by Gasteiger charge is -2.35. The van der Waals surface area contributed by atoms with E-state index in [4.69, 9.17) is 9.84 Å². The lowest BCUT2D eigenvalue weighted by atomic mass is 9.97. The van der Waals surface area contributed by atoms with Gasteiger partial charge < -0.3 is 4.74 Å². The molecule has 36 heavy (non-hydrogen) atoms. The summed E-state index contributed by atoms with van der Waals surface area (Å²) in [5, 5.41) is 6.58. The van der Waals surface area contributed by atoms with E-state index >= 15 is 0 Å². The first-order chi connectivity index (χ1) is 17.6. The van der Waals surface area contributed by atoms with Gasteiger partial charge in [0.15, 0.2) is 0 Å². The Balaban J connectivity index is 1.29. The van der Waals surface area contributed by atoms with Gasteiger partial charge in [0, 0.05) is 44.7 Å². The minimum atomic E-state index is -0.114. The van der Waals surface area contributed by atoms with Crippen molar-refractivity contribution in [1.82, 2.24) is 14.8 Å². The number of carbonyl (C=O) groups excluding carboxylic acids is 1. The molecule has 6 heteroatoms. The van der Waals surface area contributed by atoms with E-state index in [-0.39, 0.29) is 11.9 Å². The van der Waals surface area contributed by atoms with Crippen LogP contribution >= 0.6 is 0 Å². The number of aryl methyl sites for hydroxylation is 1. The summed E-state index contributed by atoms with van der Waals surface area (Å²) in [7, 11) is 1.67. The van der Waals surface area contributed by atoms with Gasteiger partial charge in [0.2, 0.25) is 0 Å². The summed E-state index contributed by atoms with van der Waals surface area (Å²) in [5.74, 6) is 0.824. The second kappa shape index (κ2) is 11.1. The number of nitrogens with zero attached hydrogens (tertiary/aromatic N) is 4. The smallest absolute Gasteiger partial charge is 0.257 e. The van der Waals surface area contributed by atoms with Crippen LogP contribution in [-0.4, -0.2) is 66.3 Å². The van der Waals surface area contributed by atoms with E-state index in [0.29, 0.717) is 13.0 Å². The van der Waals surface area contributed by atoms with Gasteiger partial charge in [-0.05, 0) is 30.2 Å². The summed E-state index contributed by atoms with van der Waals surface area (Å²) in [6.07, 6.45) is 0.667. The second-order valence-corrected chi connectivity index (χ2v) is 9.65. The van der Waals surface area contributed by atoms with Crippen LogP contribution in [0.25, 0.3) is 0 Å². The maximum atomic E-state index is 13.6. The average molecular weight is 483 g/mol. The molecule has 0 saturated carbocycles. The van der Waals surface area contributed by atoms with Crippen LogP contribution in [0.15, 0.2) is 84.0 Å². The number of carbonyl (C=O) groups is 1. The first-order valence-corrected chi connectivity index (χ1v) is 12.7. The van der Waals surface area contributed by atoms with Crippen molar-refractivity contribution in [2.75, 3.05) is 39.8 Å². The van der Waals surface area contributed by atoms with Gasteiger partial charge >= 0.3 is 0 Å². The van der Waals surface area contributed by atoms with Crippen molar-refractivity contribution < 1.29 is 9.53 Å². The summed E-state index contributed by atoms with van der Waals surface area (Å²) < 4.78 is 5.59. The van der Waals surface area contributed by atoms with Crippen LogP contribution in [0.5, 0.6) is 5.75 Å². The van der Waals surface area contributed by atoms with Gasteiger partial charge in [-0.15, -0.1) is 0 Å². The number of piperazine rings is 1. The van der Waals surface area contributed by atoms with Gasteiger partial charge in [-0.2, -0.15) is 5.10 Å². The predicted molar refractivity (Wildman–Crippen MR) is 143 cm³/mol. The Bertz CT molecular complexity index is 1200. The zero-order valence-electron chi connectivity index (χ0n) is 21.1. The van der Waals surface area contributed by atoms with E-state index in [9.17, 15) is 4.79 Å². The van der Waals surface area contributed by atoms with Gasteiger partial charge in [-0.25, -0.2) is 5.01 Å². The topological polar surface area (TPSA) is 48.4 Å². The first kappa shape index (κ1) is 24.2. The molecule has 1 saturated heterocycles. The Morgan fingerprint density at radius 2 is 1.56 bits per heavy atom. The minimum absolute atomic E-state index is 0.0435. The molecular formula is C30H34N4O2. The summed E-state index contributed by atoms with van der Waals surface area (Å²) in [4.78, 5) is 18.3. The van der Waals surface area contributed by atoms with Crippen LogP contribution in [0, 0.1) is 6.92 Å². The van der Waals surface area contributed by atoms with Gasteiger partial charge in [-0.3, -0.25) is 14.6 Å². The molecule has 1 fully saturated rings.